The van der Waals surface area contributed by atoms with E-state index in [2.05, 4.69) is 48.1 Å². The summed E-state index contributed by atoms with van der Waals surface area (Å²) in [7, 11) is 0. The van der Waals surface area contributed by atoms with Gasteiger partial charge in [0.1, 0.15) is 22.8 Å². The molecule has 0 bridgehead atoms. The maximum absolute atomic E-state index is 12.3. The number of aromatic nitrogens is 3. The number of hydrazone groups is 1. The molecule has 26 heavy (non-hydrogen) atoms. The highest BCUT2D eigenvalue weighted by Crippen LogP contribution is 2.19. The van der Waals surface area contributed by atoms with Crippen LogP contribution in [-0.2, 0) is 0 Å². The number of hydrogen-bond acceptors (Lipinski definition) is 10. The Bertz CT molecular complexity index is 751. The molecule has 0 saturated heterocycles. The second-order valence-electron chi connectivity index (χ2n) is 5.12. The van der Waals surface area contributed by atoms with Crippen LogP contribution in [0.5, 0.6) is 0 Å². The minimum atomic E-state index is -0.342. The molecular weight excluding hydrogens is 356 g/mol. The van der Waals surface area contributed by atoms with Gasteiger partial charge >= 0.3 is 0 Å². The minimum absolute atomic E-state index is 0.243. The third-order valence-electron chi connectivity index (χ3n) is 3.20. The van der Waals surface area contributed by atoms with Gasteiger partial charge in [-0.15, -0.1) is 11.3 Å². The van der Waals surface area contributed by atoms with Crippen LogP contribution in [0, 0.1) is 0 Å². The second-order valence-corrected chi connectivity index (χ2v) is 6.22. The molecule has 0 aromatic carbocycles. The molecule has 2 rings (SSSR count). The van der Waals surface area contributed by atoms with Crippen molar-refractivity contribution >= 4 is 36.1 Å². The molecule has 2 heterocycles. The van der Waals surface area contributed by atoms with Crippen molar-refractivity contribution in [2.45, 2.75) is 13.0 Å². The Hall–Kier alpha value is -2.92. The number of anilines is 1. The first kappa shape index (κ1) is 19.4. The maximum atomic E-state index is 12.3. The van der Waals surface area contributed by atoms with Gasteiger partial charge in [-0.05, 0) is 6.92 Å². The average molecular weight is 376 g/mol. The molecule has 138 valence electrons. The number of nitrogens with zero attached hydrogens (tertiary/aromatic N) is 4. The molecule has 4 N–H and O–H groups in total. The number of carbonyl (C=O) groups is 2. The van der Waals surface area contributed by atoms with E-state index in [0.29, 0.717) is 35.5 Å². The number of rotatable bonds is 11. The topological polar surface area (TPSA) is 133 Å². The van der Waals surface area contributed by atoms with Gasteiger partial charge in [-0.25, -0.2) is 15.0 Å². The number of nitrogens with one attached hydrogen (secondary N) is 4. The lowest BCUT2D eigenvalue weighted by Gasteiger charge is -2.11. The Balaban J connectivity index is 1.86. The molecule has 0 spiro atoms. The summed E-state index contributed by atoms with van der Waals surface area (Å²) in [6.45, 7) is 6.91. The Morgan fingerprint density at radius 3 is 2.96 bits per heavy atom. The zero-order valence-corrected chi connectivity index (χ0v) is 15.0. The lowest BCUT2D eigenvalue weighted by atomic mass is 10.3. The van der Waals surface area contributed by atoms with E-state index in [0.717, 1.165) is 6.29 Å². The van der Waals surface area contributed by atoms with Crippen LogP contribution >= 0.6 is 11.3 Å². The summed E-state index contributed by atoms with van der Waals surface area (Å²) in [4.78, 5) is 35.8. The van der Waals surface area contributed by atoms with E-state index in [9.17, 15) is 9.59 Å². The fourth-order valence-electron chi connectivity index (χ4n) is 1.94. The van der Waals surface area contributed by atoms with Crippen LogP contribution in [0.3, 0.4) is 0 Å². The van der Waals surface area contributed by atoms with E-state index in [1.165, 1.54) is 23.9 Å². The molecule has 2 aromatic heterocycles. The zero-order chi connectivity index (χ0) is 18.8. The van der Waals surface area contributed by atoms with Crippen molar-refractivity contribution in [2.75, 3.05) is 25.1 Å². The van der Waals surface area contributed by atoms with Gasteiger partial charge in [-0.3, -0.25) is 20.3 Å². The number of hydrogen-bond donors (Lipinski definition) is 4. The van der Waals surface area contributed by atoms with Gasteiger partial charge in [0, 0.05) is 32.1 Å². The lowest BCUT2D eigenvalue weighted by molar-refractivity contribution is 0.0934. The van der Waals surface area contributed by atoms with Gasteiger partial charge in [0.25, 0.3) is 5.91 Å². The predicted molar refractivity (Wildman–Crippen MR) is 99.5 cm³/mol. The third-order valence-corrected chi connectivity index (χ3v) is 4.30. The summed E-state index contributed by atoms with van der Waals surface area (Å²) < 4.78 is 0. The Kier molecular flexibility index (Phi) is 7.58. The third kappa shape index (κ3) is 5.86. The lowest BCUT2D eigenvalue weighted by Crippen LogP contribution is -2.30. The number of aldehydes is 1. The van der Waals surface area contributed by atoms with Crippen molar-refractivity contribution in [3.63, 3.8) is 0 Å². The van der Waals surface area contributed by atoms with Gasteiger partial charge in [0.2, 0.25) is 0 Å². The molecular formula is C15H20N8O2S. The monoisotopic (exact) mass is 376 g/mol. The van der Waals surface area contributed by atoms with Gasteiger partial charge in [-0.1, -0.05) is 0 Å². The van der Waals surface area contributed by atoms with Crippen LogP contribution in [-0.4, -0.2) is 53.6 Å². The molecule has 0 radical (unpaired) electrons. The van der Waals surface area contributed by atoms with E-state index < -0.39 is 0 Å². The Labute approximate surface area is 154 Å². The molecule has 0 aliphatic rings. The molecule has 1 atom stereocenters. The van der Waals surface area contributed by atoms with Crippen LogP contribution in [0.15, 0.2) is 23.7 Å². The van der Waals surface area contributed by atoms with Crippen molar-refractivity contribution in [3.8, 4) is 0 Å². The van der Waals surface area contributed by atoms with E-state index in [4.69, 9.17) is 0 Å². The quantitative estimate of drug-likeness (QED) is 0.146. The van der Waals surface area contributed by atoms with Crippen molar-refractivity contribution < 1.29 is 9.59 Å². The maximum Gasteiger partial charge on any atom is 0.270 e. The first-order chi connectivity index (χ1) is 12.6. The molecule has 1 amide bonds. The summed E-state index contributed by atoms with van der Waals surface area (Å²) in [5, 5.41) is 13.1. The van der Waals surface area contributed by atoms with Crippen molar-refractivity contribution in [1.82, 2.24) is 31.0 Å². The SMILES string of the molecule is C=NNCNCCNc1cc(C(=O)NC(C)c2ncc(C=O)s2)ncn1. The summed E-state index contributed by atoms with van der Waals surface area (Å²) in [5.41, 5.74) is 2.92. The summed E-state index contributed by atoms with van der Waals surface area (Å²) >= 11 is 1.24. The first-order valence-corrected chi connectivity index (χ1v) is 8.62. The van der Waals surface area contributed by atoms with Crippen molar-refractivity contribution in [3.05, 3.63) is 34.2 Å². The van der Waals surface area contributed by atoms with Gasteiger partial charge in [-0.2, -0.15) is 5.10 Å². The normalized spacial score (nSPS) is 11.4. The highest BCUT2D eigenvalue weighted by atomic mass is 32.1. The largest absolute Gasteiger partial charge is 0.369 e. The Morgan fingerprint density at radius 1 is 1.38 bits per heavy atom. The standard InChI is InChI=1S/C15H20N8O2S/c1-10(15-19-6-11(7-24)26-15)23-14(25)12-5-13(21-9-20-12)18-4-3-17-8-22-16-2/h5-7,9-10,17,22H,2-4,8H2,1H3,(H,23,25)(H,18,20,21). The molecule has 10 nitrogen and oxygen atoms in total. The van der Waals surface area contributed by atoms with Crippen LogP contribution in [0.25, 0.3) is 0 Å². The Morgan fingerprint density at radius 2 is 2.23 bits per heavy atom. The highest BCUT2D eigenvalue weighted by Gasteiger charge is 2.16. The van der Waals surface area contributed by atoms with Crippen molar-refractivity contribution in [1.29, 1.82) is 0 Å². The molecule has 0 aliphatic heterocycles. The predicted octanol–water partition coefficient (Wildman–Crippen LogP) is 0.401. The molecule has 0 aliphatic carbocycles. The number of carbonyl (C=O) groups excluding carboxylic acids is 2. The first-order valence-electron chi connectivity index (χ1n) is 7.81. The molecule has 1 unspecified atom stereocenters. The van der Waals surface area contributed by atoms with E-state index in [1.807, 2.05) is 0 Å². The zero-order valence-electron chi connectivity index (χ0n) is 14.2. The summed E-state index contributed by atoms with van der Waals surface area (Å²) in [5.74, 6) is 0.206. The smallest absolute Gasteiger partial charge is 0.270 e. The van der Waals surface area contributed by atoms with Crippen LogP contribution < -0.4 is 21.4 Å². The van der Waals surface area contributed by atoms with Gasteiger partial charge < -0.3 is 10.6 Å². The van der Waals surface area contributed by atoms with E-state index in [-0.39, 0.29) is 17.6 Å². The number of amides is 1. The molecule has 2 aromatic rings. The van der Waals surface area contributed by atoms with Crippen LogP contribution in [0.4, 0.5) is 5.82 Å². The fourth-order valence-corrected chi connectivity index (χ4v) is 2.68. The molecule has 11 heteroatoms. The van der Waals surface area contributed by atoms with E-state index in [1.54, 1.807) is 13.0 Å². The molecule has 0 saturated carbocycles. The molecule has 0 fully saturated rings. The summed E-state index contributed by atoms with van der Waals surface area (Å²) in [6.07, 6.45) is 3.54. The average Bonchev–Trinajstić information content (AvgIpc) is 3.14. The number of thiazole rings is 1. The second kappa shape index (κ2) is 10.2. The van der Waals surface area contributed by atoms with Gasteiger partial charge in [0.05, 0.1) is 17.6 Å². The van der Waals surface area contributed by atoms with Crippen LogP contribution in [0.1, 0.15) is 38.1 Å². The van der Waals surface area contributed by atoms with Crippen LogP contribution in [0.2, 0.25) is 0 Å². The van der Waals surface area contributed by atoms with Crippen molar-refractivity contribution in [2.24, 2.45) is 5.10 Å². The fraction of sp³-hybridized carbons (Fsp3) is 0.333. The summed E-state index contributed by atoms with van der Waals surface area (Å²) in [6, 6.07) is 1.24. The van der Waals surface area contributed by atoms with Gasteiger partial charge in [0.15, 0.2) is 6.29 Å². The van der Waals surface area contributed by atoms with E-state index >= 15 is 0 Å². The minimum Gasteiger partial charge on any atom is -0.369 e. The highest BCUT2D eigenvalue weighted by molar-refractivity contribution is 7.13.